The van der Waals surface area contributed by atoms with E-state index in [1.54, 1.807) is 41.3 Å². The van der Waals surface area contributed by atoms with E-state index < -0.39 is 4.92 Å². The number of hydrogen-bond donors (Lipinski definition) is 1. The molecule has 2 fully saturated rings. The van der Waals surface area contributed by atoms with Gasteiger partial charge in [0.2, 0.25) is 0 Å². The van der Waals surface area contributed by atoms with Gasteiger partial charge in [0.15, 0.2) is 0 Å². The molecule has 0 radical (unpaired) electrons. The van der Waals surface area contributed by atoms with Crippen molar-refractivity contribution in [2.75, 3.05) is 49.5 Å². The number of nitrogens with zero attached hydrogens (tertiary/aromatic N) is 4. The standard InChI is InChI=1S/C23H27N5O4/c29-22(26-11-2-1-3-12-26)18-5-4-6-19(17-18)24-23(30)27-15-13-25(14-16-27)20-7-9-21(10-8-20)28(31)32/h4-10,17H,1-3,11-16H2,(H,24,30). The van der Waals surface area contributed by atoms with Crippen LogP contribution in [0.3, 0.4) is 0 Å². The number of urea groups is 1. The fourth-order valence-corrected chi connectivity index (χ4v) is 4.16. The Morgan fingerprint density at radius 3 is 2.19 bits per heavy atom. The van der Waals surface area contributed by atoms with E-state index in [1.807, 2.05) is 4.90 Å². The van der Waals surface area contributed by atoms with Crippen molar-refractivity contribution < 1.29 is 14.5 Å². The molecule has 4 rings (SSSR count). The van der Waals surface area contributed by atoms with Crippen molar-refractivity contribution >= 4 is 29.0 Å². The molecule has 9 heteroatoms. The van der Waals surface area contributed by atoms with E-state index >= 15 is 0 Å². The van der Waals surface area contributed by atoms with Gasteiger partial charge in [-0.2, -0.15) is 0 Å². The molecule has 168 valence electrons. The number of carbonyl (C=O) groups is 2. The monoisotopic (exact) mass is 437 g/mol. The van der Waals surface area contributed by atoms with E-state index in [0.717, 1.165) is 38.0 Å². The molecule has 0 unspecified atom stereocenters. The van der Waals surface area contributed by atoms with Gasteiger partial charge < -0.3 is 20.0 Å². The summed E-state index contributed by atoms with van der Waals surface area (Å²) in [5, 5.41) is 13.7. The molecule has 0 bridgehead atoms. The van der Waals surface area contributed by atoms with Gasteiger partial charge in [-0.25, -0.2) is 4.79 Å². The van der Waals surface area contributed by atoms with Crippen LogP contribution in [0.4, 0.5) is 21.9 Å². The third-order valence-electron chi connectivity index (χ3n) is 6.00. The highest BCUT2D eigenvalue weighted by molar-refractivity contribution is 5.97. The molecule has 2 heterocycles. The minimum atomic E-state index is -0.416. The van der Waals surface area contributed by atoms with Crippen molar-refractivity contribution in [3.05, 3.63) is 64.2 Å². The first-order valence-corrected chi connectivity index (χ1v) is 11.0. The van der Waals surface area contributed by atoms with E-state index in [2.05, 4.69) is 10.2 Å². The van der Waals surface area contributed by atoms with Gasteiger partial charge in [0.1, 0.15) is 0 Å². The van der Waals surface area contributed by atoms with Crippen LogP contribution in [-0.2, 0) is 0 Å². The Kier molecular flexibility index (Phi) is 6.53. The Labute approximate surface area is 186 Å². The van der Waals surface area contributed by atoms with E-state index in [9.17, 15) is 19.7 Å². The van der Waals surface area contributed by atoms with Crippen LogP contribution < -0.4 is 10.2 Å². The maximum absolute atomic E-state index is 12.7. The van der Waals surface area contributed by atoms with Crippen molar-refractivity contribution in [1.82, 2.24) is 9.80 Å². The van der Waals surface area contributed by atoms with Crippen LogP contribution in [0.5, 0.6) is 0 Å². The number of piperidine rings is 1. The minimum absolute atomic E-state index is 0.0116. The summed E-state index contributed by atoms with van der Waals surface area (Å²) >= 11 is 0. The van der Waals surface area contributed by atoms with Gasteiger partial charge in [-0.1, -0.05) is 6.07 Å². The first-order chi connectivity index (χ1) is 15.5. The zero-order chi connectivity index (χ0) is 22.5. The molecular weight excluding hydrogens is 410 g/mol. The Morgan fingerprint density at radius 2 is 1.53 bits per heavy atom. The van der Waals surface area contributed by atoms with E-state index in [0.29, 0.717) is 37.4 Å². The maximum atomic E-state index is 12.7. The Morgan fingerprint density at radius 1 is 0.844 bits per heavy atom. The Bertz CT molecular complexity index is 980. The number of hydrogen-bond acceptors (Lipinski definition) is 5. The second kappa shape index (κ2) is 9.67. The van der Waals surface area contributed by atoms with Gasteiger partial charge in [-0.05, 0) is 49.6 Å². The largest absolute Gasteiger partial charge is 0.368 e. The molecule has 2 saturated heterocycles. The highest BCUT2D eigenvalue weighted by Gasteiger charge is 2.23. The SMILES string of the molecule is O=C(Nc1cccc(C(=O)N2CCCCC2)c1)N1CCN(c2ccc([N+](=O)[O-])cc2)CC1. The Balaban J connectivity index is 1.32. The lowest BCUT2D eigenvalue weighted by atomic mass is 10.1. The lowest BCUT2D eigenvalue weighted by Crippen LogP contribution is -2.50. The van der Waals surface area contributed by atoms with Gasteiger partial charge in [-0.15, -0.1) is 0 Å². The van der Waals surface area contributed by atoms with Crippen LogP contribution in [0.15, 0.2) is 48.5 Å². The zero-order valence-electron chi connectivity index (χ0n) is 17.9. The van der Waals surface area contributed by atoms with Crippen LogP contribution in [0, 0.1) is 10.1 Å². The van der Waals surface area contributed by atoms with Crippen molar-refractivity contribution in [3.8, 4) is 0 Å². The molecule has 0 spiro atoms. The number of nitrogens with one attached hydrogen (secondary N) is 1. The summed E-state index contributed by atoms with van der Waals surface area (Å²) in [4.78, 5) is 41.6. The fraction of sp³-hybridized carbons (Fsp3) is 0.391. The number of benzene rings is 2. The molecule has 0 aromatic heterocycles. The van der Waals surface area contributed by atoms with Gasteiger partial charge in [-0.3, -0.25) is 14.9 Å². The van der Waals surface area contributed by atoms with Crippen molar-refractivity contribution in [2.45, 2.75) is 19.3 Å². The lowest BCUT2D eigenvalue weighted by Gasteiger charge is -2.36. The first-order valence-electron chi connectivity index (χ1n) is 11.0. The summed E-state index contributed by atoms with van der Waals surface area (Å²) in [6.07, 6.45) is 3.24. The number of non-ortho nitro benzene ring substituents is 1. The molecule has 0 atom stereocenters. The number of anilines is 2. The van der Waals surface area contributed by atoms with E-state index in [-0.39, 0.29) is 17.6 Å². The predicted octanol–water partition coefficient (Wildman–Crippen LogP) is 3.58. The fourth-order valence-electron chi connectivity index (χ4n) is 4.16. The molecule has 2 aliphatic heterocycles. The highest BCUT2D eigenvalue weighted by Crippen LogP contribution is 2.21. The third kappa shape index (κ3) is 4.99. The number of nitro groups is 1. The number of amides is 3. The lowest BCUT2D eigenvalue weighted by molar-refractivity contribution is -0.384. The maximum Gasteiger partial charge on any atom is 0.321 e. The molecule has 9 nitrogen and oxygen atoms in total. The van der Waals surface area contributed by atoms with Crippen molar-refractivity contribution in [1.29, 1.82) is 0 Å². The van der Waals surface area contributed by atoms with Crippen LogP contribution >= 0.6 is 0 Å². The van der Waals surface area contributed by atoms with Gasteiger partial charge in [0.25, 0.3) is 11.6 Å². The molecule has 0 saturated carbocycles. The molecule has 32 heavy (non-hydrogen) atoms. The molecule has 2 aliphatic rings. The van der Waals surface area contributed by atoms with Crippen LogP contribution in [0.25, 0.3) is 0 Å². The topological polar surface area (TPSA) is 99.0 Å². The van der Waals surface area contributed by atoms with Crippen molar-refractivity contribution in [2.24, 2.45) is 0 Å². The molecule has 1 N–H and O–H groups in total. The molecule has 2 aromatic rings. The van der Waals surface area contributed by atoms with Crippen molar-refractivity contribution in [3.63, 3.8) is 0 Å². The second-order valence-corrected chi connectivity index (χ2v) is 8.11. The average molecular weight is 438 g/mol. The summed E-state index contributed by atoms with van der Waals surface area (Å²) in [5.74, 6) is 0.0116. The summed E-state index contributed by atoms with van der Waals surface area (Å²) in [7, 11) is 0. The number of likely N-dealkylation sites (tertiary alicyclic amines) is 1. The van der Waals surface area contributed by atoms with Gasteiger partial charge >= 0.3 is 6.03 Å². The summed E-state index contributed by atoms with van der Waals surface area (Å²) in [6, 6.07) is 13.4. The van der Waals surface area contributed by atoms with Crippen LogP contribution in [-0.4, -0.2) is 65.9 Å². The number of nitro benzene ring substituents is 1. The smallest absolute Gasteiger partial charge is 0.321 e. The molecule has 2 aromatic carbocycles. The normalized spacial score (nSPS) is 16.6. The third-order valence-corrected chi connectivity index (χ3v) is 6.00. The summed E-state index contributed by atoms with van der Waals surface area (Å²) < 4.78 is 0. The molecule has 0 aliphatic carbocycles. The van der Waals surface area contributed by atoms with E-state index in [1.165, 1.54) is 12.1 Å². The average Bonchev–Trinajstić information content (AvgIpc) is 2.84. The summed E-state index contributed by atoms with van der Waals surface area (Å²) in [5.41, 5.74) is 2.16. The quantitative estimate of drug-likeness (QED) is 0.582. The number of carbonyl (C=O) groups excluding carboxylic acids is 2. The number of piperazine rings is 1. The highest BCUT2D eigenvalue weighted by atomic mass is 16.6. The van der Waals surface area contributed by atoms with Gasteiger partial charge in [0, 0.05) is 68.3 Å². The van der Waals surface area contributed by atoms with E-state index in [4.69, 9.17) is 0 Å². The molecule has 3 amide bonds. The number of rotatable bonds is 4. The summed E-state index contributed by atoms with van der Waals surface area (Å²) in [6.45, 7) is 3.92. The molecular formula is C23H27N5O4. The Hall–Kier alpha value is -3.62. The van der Waals surface area contributed by atoms with Crippen LogP contribution in [0.2, 0.25) is 0 Å². The van der Waals surface area contributed by atoms with Gasteiger partial charge in [0.05, 0.1) is 4.92 Å². The minimum Gasteiger partial charge on any atom is -0.368 e. The second-order valence-electron chi connectivity index (χ2n) is 8.11. The first kappa shape index (κ1) is 21.6. The zero-order valence-corrected chi connectivity index (χ0v) is 17.9. The van der Waals surface area contributed by atoms with Crippen LogP contribution in [0.1, 0.15) is 29.6 Å². The predicted molar refractivity (Wildman–Crippen MR) is 122 cm³/mol.